The number of nitriles is 1. The van der Waals surface area contributed by atoms with Gasteiger partial charge < -0.3 is 0 Å². The van der Waals surface area contributed by atoms with Gasteiger partial charge in [0.1, 0.15) is 0 Å². The van der Waals surface area contributed by atoms with Gasteiger partial charge in [0.05, 0.1) is 11.6 Å². The van der Waals surface area contributed by atoms with Crippen molar-refractivity contribution in [1.29, 1.82) is 5.26 Å². The molecule has 0 amide bonds. The molecule has 136 valence electrons. The van der Waals surface area contributed by atoms with Crippen molar-refractivity contribution in [2.45, 2.75) is 84.0 Å². The van der Waals surface area contributed by atoms with Crippen molar-refractivity contribution in [2.24, 2.45) is 11.8 Å². The Bertz CT molecular complexity index is 526. The third-order valence-electron chi connectivity index (χ3n) is 5.70. The molecule has 0 saturated heterocycles. The molecule has 1 fully saturated rings. The van der Waals surface area contributed by atoms with Gasteiger partial charge in [0, 0.05) is 0 Å². The first-order valence-electron chi connectivity index (χ1n) is 10.5. The number of aryl methyl sites for hydroxylation is 1. The maximum absolute atomic E-state index is 8.83. The van der Waals surface area contributed by atoms with Crippen molar-refractivity contribution in [3.63, 3.8) is 0 Å². The lowest BCUT2D eigenvalue weighted by atomic mass is 9.79. The lowest BCUT2D eigenvalue weighted by Gasteiger charge is -2.26. The predicted molar refractivity (Wildman–Crippen MR) is 107 cm³/mol. The monoisotopic (exact) mass is 337 g/mol. The van der Waals surface area contributed by atoms with E-state index < -0.39 is 0 Å². The van der Waals surface area contributed by atoms with Gasteiger partial charge >= 0.3 is 0 Å². The van der Waals surface area contributed by atoms with Gasteiger partial charge in [-0.2, -0.15) is 5.26 Å². The van der Waals surface area contributed by atoms with Crippen molar-refractivity contribution in [2.75, 3.05) is 0 Å². The quantitative estimate of drug-likeness (QED) is 0.327. The molecule has 1 nitrogen and oxygen atoms in total. The summed E-state index contributed by atoms with van der Waals surface area (Å²) in [6.45, 7) is 2.29. The van der Waals surface area contributed by atoms with E-state index in [1.165, 1.54) is 69.8 Å². The van der Waals surface area contributed by atoms with Gasteiger partial charge in [-0.3, -0.25) is 0 Å². The molecule has 0 bridgehead atoms. The normalized spacial score (nSPS) is 20.6. The van der Waals surface area contributed by atoms with Crippen LogP contribution in [-0.4, -0.2) is 0 Å². The SMILES string of the molecule is CCCCCCC[C@H]1CC[C@H](C=CCCc2ccc(C#N)cc2)CC1. The Labute approximate surface area is 155 Å². The van der Waals surface area contributed by atoms with Crippen LogP contribution < -0.4 is 0 Å². The molecule has 0 aromatic heterocycles. The Balaban J connectivity index is 1.56. The molecule has 0 spiro atoms. The molecule has 25 heavy (non-hydrogen) atoms. The molecule has 1 aromatic carbocycles. The van der Waals surface area contributed by atoms with Crippen LogP contribution in [0, 0.1) is 23.2 Å². The smallest absolute Gasteiger partial charge is 0.0991 e. The van der Waals surface area contributed by atoms with E-state index in [9.17, 15) is 0 Å². The zero-order chi connectivity index (χ0) is 17.7. The molecule has 1 aliphatic carbocycles. The van der Waals surface area contributed by atoms with Crippen molar-refractivity contribution in [3.05, 3.63) is 47.5 Å². The average molecular weight is 338 g/mol. The molecule has 1 heteroatoms. The Morgan fingerprint density at radius 1 is 1.00 bits per heavy atom. The van der Waals surface area contributed by atoms with E-state index in [4.69, 9.17) is 5.26 Å². The fraction of sp³-hybridized carbons (Fsp3) is 0.625. The third-order valence-corrected chi connectivity index (χ3v) is 5.70. The maximum atomic E-state index is 8.83. The van der Waals surface area contributed by atoms with Gasteiger partial charge in [-0.1, -0.05) is 69.7 Å². The second kappa shape index (κ2) is 11.9. The van der Waals surface area contributed by atoms with E-state index in [1.54, 1.807) is 0 Å². The van der Waals surface area contributed by atoms with Gasteiger partial charge in [0.2, 0.25) is 0 Å². The largest absolute Gasteiger partial charge is 0.192 e. The molecule has 1 aromatic rings. The van der Waals surface area contributed by atoms with Gasteiger partial charge in [-0.15, -0.1) is 0 Å². The van der Waals surface area contributed by atoms with Crippen LogP contribution in [0.1, 0.15) is 88.7 Å². The second-order valence-corrected chi connectivity index (χ2v) is 7.76. The van der Waals surface area contributed by atoms with Gasteiger partial charge in [0.15, 0.2) is 0 Å². The summed E-state index contributed by atoms with van der Waals surface area (Å²) in [5.74, 6) is 1.82. The summed E-state index contributed by atoms with van der Waals surface area (Å²) < 4.78 is 0. The van der Waals surface area contributed by atoms with E-state index in [2.05, 4.69) is 37.3 Å². The first kappa shape index (κ1) is 19.8. The standard InChI is InChI=1S/C24H35N/c1-2-3-4-5-6-9-21-12-14-22(15-13-21)10-7-8-11-23-16-18-24(20-25)19-17-23/h7,10,16-19,21-22H,2-6,8-9,11-15H2,1H3/t21-,22-. The fourth-order valence-electron chi connectivity index (χ4n) is 3.99. The van der Waals surface area contributed by atoms with Crippen LogP contribution in [0.2, 0.25) is 0 Å². The number of hydrogen-bond acceptors (Lipinski definition) is 1. The lowest BCUT2D eigenvalue weighted by molar-refractivity contribution is 0.288. The first-order chi connectivity index (χ1) is 12.3. The van der Waals surface area contributed by atoms with E-state index in [1.807, 2.05) is 12.1 Å². The minimum atomic E-state index is 0.751. The van der Waals surface area contributed by atoms with E-state index >= 15 is 0 Å². The summed E-state index contributed by atoms with van der Waals surface area (Å²) in [7, 11) is 0. The fourth-order valence-corrected chi connectivity index (χ4v) is 3.99. The number of benzene rings is 1. The maximum Gasteiger partial charge on any atom is 0.0991 e. The Morgan fingerprint density at radius 3 is 2.40 bits per heavy atom. The molecular formula is C24H35N. The molecule has 0 unspecified atom stereocenters. The zero-order valence-electron chi connectivity index (χ0n) is 16.1. The highest BCUT2D eigenvalue weighted by Gasteiger charge is 2.18. The summed E-state index contributed by atoms with van der Waals surface area (Å²) in [5, 5.41) is 8.83. The second-order valence-electron chi connectivity index (χ2n) is 7.76. The summed E-state index contributed by atoms with van der Waals surface area (Å²) in [4.78, 5) is 0. The molecule has 0 N–H and O–H groups in total. The van der Waals surface area contributed by atoms with Crippen molar-refractivity contribution in [1.82, 2.24) is 0 Å². The lowest BCUT2D eigenvalue weighted by Crippen LogP contribution is -2.13. The summed E-state index contributed by atoms with van der Waals surface area (Å²) in [5.41, 5.74) is 2.08. The van der Waals surface area contributed by atoms with Crippen LogP contribution >= 0.6 is 0 Å². The number of unbranched alkanes of at least 4 members (excludes halogenated alkanes) is 4. The van der Waals surface area contributed by atoms with Crippen LogP contribution in [0.4, 0.5) is 0 Å². The zero-order valence-corrected chi connectivity index (χ0v) is 16.1. The van der Waals surface area contributed by atoms with Gasteiger partial charge in [0.25, 0.3) is 0 Å². The highest BCUT2D eigenvalue weighted by molar-refractivity contribution is 5.31. The van der Waals surface area contributed by atoms with Crippen molar-refractivity contribution in [3.8, 4) is 6.07 Å². The molecule has 1 saturated carbocycles. The predicted octanol–water partition coefficient (Wildman–Crippen LogP) is 7.21. The Morgan fingerprint density at radius 2 is 1.72 bits per heavy atom. The number of rotatable bonds is 10. The Hall–Kier alpha value is -1.55. The number of allylic oxidation sites excluding steroid dienone is 2. The van der Waals surface area contributed by atoms with E-state index in [0.29, 0.717) is 0 Å². The molecule has 1 aliphatic rings. The first-order valence-corrected chi connectivity index (χ1v) is 10.5. The van der Waals surface area contributed by atoms with Crippen LogP contribution in [-0.2, 0) is 6.42 Å². The molecule has 2 rings (SSSR count). The minimum absolute atomic E-state index is 0.751. The summed E-state index contributed by atoms with van der Waals surface area (Å²) >= 11 is 0. The van der Waals surface area contributed by atoms with Crippen molar-refractivity contribution < 1.29 is 0 Å². The molecule has 0 heterocycles. The number of hydrogen-bond donors (Lipinski definition) is 0. The summed E-state index contributed by atoms with van der Waals surface area (Å²) in [6, 6.07) is 10.2. The Kier molecular flexibility index (Phi) is 9.42. The average Bonchev–Trinajstić information content (AvgIpc) is 2.66. The van der Waals surface area contributed by atoms with Gasteiger partial charge in [-0.25, -0.2) is 0 Å². The molecule has 0 aliphatic heterocycles. The van der Waals surface area contributed by atoms with Crippen LogP contribution in [0.3, 0.4) is 0 Å². The number of nitrogens with zero attached hydrogens (tertiary/aromatic N) is 1. The van der Waals surface area contributed by atoms with E-state index in [-0.39, 0.29) is 0 Å². The van der Waals surface area contributed by atoms with Crippen molar-refractivity contribution >= 4 is 0 Å². The minimum Gasteiger partial charge on any atom is -0.192 e. The molecular weight excluding hydrogens is 302 g/mol. The third kappa shape index (κ3) is 7.91. The van der Waals surface area contributed by atoms with Crippen LogP contribution in [0.25, 0.3) is 0 Å². The summed E-state index contributed by atoms with van der Waals surface area (Å²) in [6.07, 6.45) is 21.3. The molecule has 0 radical (unpaired) electrons. The highest BCUT2D eigenvalue weighted by atomic mass is 14.2. The molecule has 0 atom stereocenters. The topological polar surface area (TPSA) is 23.8 Å². The highest BCUT2D eigenvalue weighted by Crippen LogP contribution is 2.32. The van der Waals surface area contributed by atoms with E-state index in [0.717, 1.165) is 30.2 Å². The van der Waals surface area contributed by atoms with Crippen LogP contribution in [0.5, 0.6) is 0 Å². The van der Waals surface area contributed by atoms with Gasteiger partial charge in [-0.05, 0) is 68.1 Å². The van der Waals surface area contributed by atoms with Crippen LogP contribution in [0.15, 0.2) is 36.4 Å².